The van der Waals surface area contributed by atoms with E-state index in [9.17, 15) is 0 Å². The van der Waals surface area contributed by atoms with E-state index in [4.69, 9.17) is 0 Å². The van der Waals surface area contributed by atoms with Gasteiger partial charge in [-0.2, -0.15) is 0 Å². The van der Waals surface area contributed by atoms with Crippen LogP contribution in [-0.4, -0.2) is 19.9 Å². The van der Waals surface area contributed by atoms with Gasteiger partial charge in [0, 0.05) is 23.2 Å². The molecule has 0 amide bonds. The van der Waals surface area contributed by atoms with Crippen LogP contribution in [0.15, 0.2) is 0 Å². The van der Waals surface area contributed by atoms with Crippen LogP contribution < -0.4 is 0 Å². The second-order valence-corrected chi connectivity index (χ2v) is 7.88. The van der Waals surface area contributed by atoms with Gasteiger partial charge in [0.2, 0.25) is 0 Å². The second kappa shape index (κ2) is 8.50. The van der Waals surface area contributed by atoms with Gasteiger partial charge in [-0.15, -0.1) is 0 Å². The standard InChI is InChI=1S/2C10H18N2/c2*1-6(2)9-8(5)11-10(12-9)7(3)4/h2*6-7H,1-5H3,(H,11,12). The van der Waals surface area contributed by atoms with Crippen molar-refractivity contribution in [2.24, 2.45) is 0 Å². The first-order chi connectivity index (χ1) is 11.0. The summed E-state index contributed by atoms with van der Waals surface area (Å²) in [6.45, 7) is 21.5. The highest BCUT2D eigenvalue weighted by Gasteiger charge is 2.12. The molecule has 4 nitrogen and oxygen atoms in total. The number of aromatic nitrogens is 4. The Bertz CT molecular complexity index is 574. The van der Waals surface area contributed by atoms with Crippen molar-refractivity contribution in [2.45, 2.75) is 92.9 Å². The highest BCUT2D eigenvalue weighted by molar-refractivity contribution is 5.18. The third kappa shape index (κ3) is 5.22. The normalized spacial score (nSPS) is 11.6. The van der Waals surface area contributed by atoms with Gasteiger partial charge in [-0.3, -0.25) is 0 Å². The van der Waals surface area contributed by atoms with E-state index in [0.29, 0.717) is 23.7 Å². The van der Waals surface area contributed by atoms with Gasteiger partial charge in [-0.25, -0.2) is 9.97 Å². The van der Waals surface area contributed by atoms with Crippen LogP contribution in [0, 0.1) is 13.8 Å². The molecule has 0 radical (unpaired) electrons. The first kappa shape index (κ1) is 20.5. The van der Waals surface area contributed by atoms with Crippen molar-refractivity contribution in [1.29, 1.82) is 0 Å². The Morgan fingerprint density at radius 3 is 0.958 bits per heavy atom. The molecule has 24 heavy (non-hydrogen) atoms. The Balaban J connectivity index is 0.000000240. The zero-order valence-electron chi connectivity index (χ0n) is 17.2. The lowest BCUT2D eigenvalue weighted by atomic mass is 10.1. The van der Waals surface area contributed by atoms with Crippen LogP contribution >= 0.6 is 0 Å². The van der Waals surface area contributed by atoms with Crippen molar-refractivity contribution < 1.29 is 0 Å². The van der Waals surface area contributed by atoms with Gasteiger partial charge in [0.25, 0.3) is 0 Å². The van der Waals surface area contributed by atoms with E-state index < -0.39 is 0 Å². The molecule has 136 valence electrons. The van der Waals surface area contributed by atoms with Gasteiger partial charge in [0.05, 0.1) is 11.4 Å². The van der Waals surface area contributed by atoms with E-state index in [2.05, 4.69) is 89.2 Å². The molecule has 4 heteroatoms. The maximum atomic E-state index is 4.55. The molecule has 2 rings (SSSR count). The third-order valence-electron chi connectivity index (χ3n) is 4.07. The molecule has 0 saturated carbocycles. The number of aromatic amines is 2. The highest BCUT2D eigenvalue weighted by atomic mass is 14.9. The summed E-state index contributed by atoms with van der Waals surface area (Å²) in [4.78, 5) is 15.7. The Kier molecular flexibility index (Phi) is 7.25. The first-order valence-electron chi connectivity index (χ1n) is 9.17. The fourth-order valence-corrected chi connectivity index (χ4v) is 2.67. The molecule has 2 N–H and O–H groups in total. The second-order valence-electron chi connectivity index (χ2n) is 7.88. The molecule has 2 aromatic heterocycles. The summed E-state index contributed by atoms with van der Waals surface area (Å²) < 4.78 is 0. The number of nitrogens with zero attached hydrogens (tertiary/aromatic N) is 2. The van der Waals surface area contributed by atoms with Gasteiger partial charge in [0.15, 0.2) is 0 Å². The van der Waals surface area contributed by atoms with Crippen LogP contribution in [0.1, 0.15) is 113 Å². The summed E-state index contributed by atoms with van der Waals surface area (Å²) in [5.74, 6) is 4.25. The summed E-state index contributed by atoms with van der Waals surface area (Å²) in [5.41, 5.74) is 4.85. The van der Waals surface area contributed by atoms with Gasteiger partial charge >= 0.3 is 0 Å². The van der Waals surface area contributed by atoms with E-state index >= 15 is 0 Å². The summed E-state index contributed by atoms with van der Waals surface area (Å²) >= 11 is 0. The Morgan fingerprint density at radius 1 is 0.542 bits per heavy atom. The van der Waals surface area contributed by atoms with Gasteiger partial charge in [0.1, 0.15) is 11.6 Å². The van der Waals surface area contributed by atoms with E-state index in [0.717, 1.165) is 11.6 Å². The van der Waals surface area contributed by atoms with Crippen molar-refractivity contribution in [3.8, 4) is 0 Å². The monoisotopic (exact) mass is 332 g/mol. The zero-order chi connectivity index (χ0) is 18.6. The summed E-state index contributed by atoms with van der Waals surface area (Å²) in [6.07, 6.45) is 0. The van der Waals surface area contributed by atoms with Crippen molar-refractivity contribution in [1.82, 2.24) is 19.9 Å². The number of aryl methyl sites for hydroxylation is 2. The van der Waals surface area contributed by atoms with Crippen LogP contribution in [0.3, 0.4) is 0 Å². The number of nitrogens with one attached hydrogen (secondary N) is 2. The maximum absolute atomic E-state index is 4.55. The van der Waals surface area contributed by atoms with Crippen LogP contribution in [0.4, 0.5) is 0 Å². The first-order valence-corrected chi connectivity index (χ1v) is 9.17. The molecule has 0 spiro atoms. The minimum absolute atomic E-state index is 0.496. The fourth-order valence-electron chi connectivity index (χ4n) is 2.67. The largest absolute Gasteiger partial charge is 0.346 e. The van der Waals surface area contributed by atoms with Crippen LogP contribution in [0.5, 0.6) is 0 Å². The number of rotatable bonds is 4. The summed E-state index contributed by atoms with van der Waals surface area (Å²) in [7, 11) is 0. The van der Waals surface area contributed by atoms with E-state index in [1.165, 1.54) is 22.8 Å². The van der Waals surface area contributed by atoms with Crippen molar-refractivity contribution >= 4 is 0 Å². The minimum Gasteiger partial charge on any atom is -0.346 e. The van der Waals surface area contributed by atoms with Gasteiger partial charge in [-0.1, -0.05) is 55.4 Å². The number of H-pyrrole nitrogens is 2. The average molecular weight is 333 g/mol. The number of hydrogen-bond acceptors (Lipinski definition) is 2. The Hall–Kier alpha value is -1.58. The van der Waals surface area contributed by atoms with Crippen LogP contribution in [0.25, 0.3) is 0 Å². The molecule has 0 unspecified atom stereocenters. The molecular weight excluding hydrogens is 296 g/mol. The molecule has 0 atom stereocenters. The molecule has 0 aliphatic rings. The maximum Gasteiger partial charge on any atom is 0.109 e. The van der Waals surface area contributed by atoms with Crippen LogP contribution in [0.2, 0.25) is 0 Å². The molecule has 2 heterocycles. The van der Waals surface area contributed by atoms with E-state index in [-0.39, 0.29) is 0 Å². The molecule has 0 fully saturated rings. The number of hydrogen-bond donors (Lipinski definition) is 2. The van der Waals surface area contributed by atoms with Gasteiger partial charge < -0.3 is 9.97 Å². The van der Waals surface area contributed by atoms with E-state index in [1.807, 2.05) is 0 Å². The summed E-state index contributed by atoms with van der Waals surface area (Å²) in [6, 6.07) is 0. The van der Waals surface area contributed by atoms with E-state index in [1.54, 1.807) is 0 Å². The summed E-state index contributed by atoms with van der Waals surface area (Å²) in [5, 5.41) is 0. The topological polar surface area (TPSA) is 57.4 Å². The minimum atomic E-state index is 0.496. The van der Waals surface area contributed by atoms with Gasteiger partial charge in [-0.05, 0) is 25.7 Å². The van der Waals surface area contributed by atoms with Crippen molar-refractivity contribution in [2.75, 3.05) is 0 Å². The highest BCUT2D eigenvalue weighted by Crippen LogP contribution is 2.20. The molecule has 0 bridgehead atoms. The SMILES string of the molecule is Cc1[nH]c(C(C)C)nc1C(C)C.Cc1[nH]c(C(C)C)nc1C(C)C. The quantitative estimate of drug-likeness (QED) is 0.729. The molecule has 2 aromatic rings. The molecule has 0 aromatic carbocycles. The smallest absolute Gasteiger partial charge is 0.109 e. The number of imidazole rings is 2. The fraction of sp³-hybridized carbons (Fsp3) is 0.700. The molecule has 0 saturated heterocycles. The lowest BCUT2D eigenvalue weighted by molar-refractivity contribution is 0.771. The lowest BCUT2D eigenvalue weighted by Gasteiger charge is -2.00. The zero-order valence-corrected chi connectivity index (χ0v) is 17.2. The average Bonchev–Trinajstić information content (AvgIpc) is 3.03. The lowest BCUT2D eigenvalue weighted by Crippen LogP contribution is -1.92. The molecule has 0 aliphatic heterocycles. The Morgan fingerprint density at radius 2 is 0.833 bits per heavy atom. The molecular formula is C20H36N4. The third-order valence-corrected chi connectivity index (χ3v) is 4.07. The Labute approximate surface area is 147 Å². The van der Waals surface area contributed by atoms with Crippen LogP contribution in [-0.2, 0) is 0 Å². The van der Waals surface area contributed by atoms with Crippen molar-refractivity contribution in [3.63, 3.8) is 0 Å². The van der Waals surface area contributed by atoms with Crippen molar-refractivity contribution in [3.05, 3.63) is 34.4 Å². The molecule has 0 aliphatic carbocycles. The predicted octanol–water partition coefficient (Wildman–Crippen LogP) is 5.93. The predicted molar refractivity (Wildman–Crippen MR) is 103 cm³/mol.